The van der Waals surface area contributed by atoms with Gasteiger partial charge >= 0.3 is 5.97 Å². The number of esters is 1. The highest BCUT2D eigenvalue weighted by Gasteiger charge is 2.27. The van der Waals surface area contributed by atoms with Crippen LogP contribution in [0.5, 0.6) is 0 Å². The van der Waals surface area contributed by atoms with E-state index in [1.807, 2.05) is 30.3 Å². The van der Waals surface area contributed by atoms with E-state index < -0.39 is 16.0 Å². The van der Waals surface area contributed by atoms with Crippen LogP contribution in [-0.2, 0) is 25.9 Å². The maximum Gasteiger partial charge on any atom is 0.338 e. The molecular formula is C20H23NO5S. The van der Waals surface area contributed by atoms with E-state index in [1.54, 1.807) is 13.0 Å². The summed E-state index contributed by atoms with van der Waals surface area (Å²) in [5.74, 6) is -0.512. The number of morpholine rings is 1. The van der Waals surface area contributed by atoms with Gasteiger partial charge in [0.1, 0.15) is 0 Å². The number of rotatable bonds is 6. The average molecular weight is 389 g/mol. The summed E-state index contributed by atoms with van der Waals surface area (Å²) in [7, 11) is -3.65. The minimum atomic E-state index is -3.65. The number of carbonyl (C=O) groups excluding carboxylic acids is 1. The van der Waals surface area contributed by atoms with Crippen molar-refractivity contribution in [2.45, 2.75) is 18.2 Å². The van der Waals surface area contributed by atoms with E-state index in [2.05, 4.69) is 0 Å². The van der Waals surface area contributed by atoms with Crippen molar-refractivity contribution in [2.24, 2.45) is 0 Å². The molecule has 1 saturated heterocycles. The number of carbonyl (C=O) groups is 1. The lowest BCUT2D eigenvalue weighted by atomic mass is 10.1. The lowest BCUT2D eigenvalue weighted by Crippen LogP contribution is -2.40. The first-order valence-electron chi connectivity index (χ1n) is 8.88. The van der Waals surface area contributed by atoms with Crippen LogP contribution in [0.3, 0.4) is 0 Å². The molecule has 0 aliphatic carbocycles. The molecule has 0 N–H and O–H groups in total. The molecule has 0 amide bonds. The highest BCUT2D eigenvalue weighted by atomic mass is 32.2. The van der Waals surface area contributed by atoms with Gasteiger partial charge in [0.05, 0.1) is 30.3 Å². The van der Waals surface area contributed by atoms with Gasteiger partial charge in [-0.25, -0.2) is 13.2 Å². The smallest absolute Gasteiger partial charge is 0.338 e. The predicted molar refractivity (Wildman–Crippen MR) is 101 cm³/mol. The van der Waals surface area contributed by atoms with Gasteiger partial charge in [0.25, 0.3) is 0 Å². The van der Waals surface area contributed by atoms with E-state index in [0.29, 0.717) is 38.3 Å². The third-order valence-electron chi connectivity index (χ3n) is 4.50. The number of hydrogen-bond donors (Lipinski definition) is 0. The van der Waals surface area contributed by atoms with Gasteiger partial charge in [-0.1, -0.05) is 36.4 Å². The first-order chi connectivity index (χ1) is 13.0. The Labute approximate surface area is 159 Å². The molecule has 0 spiro atoms. The quantitative estimate of drug-likeness (QED) is 0.710. The van der Waals surface area contributed by atoms with Crippen molar-refractivity contribution in [3.8, 4) is 0 Å². The topological polar surface area (TPSA) is 72.9 Å². The molecule has 1 fully saturated rings. The van der Waals surface area contributed by atoms with Crippen LogP contribution in [0.1, 0.15) is 21.5 Å². The highest BCUT2D eigenvalue weighted by Crippen LogP contribution is 2.21. The molecule has 144 valence electrons. The fraction of sp³-hybridized carbons (Fsp3) is 0.350. The van der Waals surface area contributed by atoms with E-state index >= 15 is 0 Å². The van der Waals surface area contributed by atoms with Gasteiger partial charge in [-0.15, -0.1) is 0 Å². The molecule has 2 aromatic carbocycles. The lowest BCUT2D eigenvalue weighted by molar-refractivity contribution is 0.0508. The fourth-order valence-electron chi connectivity index (χ4n) is 2.90. The normalized spacial score (nSPS) is 15.4. The number of sulfonamides is 1. The van der Waals surface area contributed by atoms with Crippen molar-refractivity contribution >= 4 is 16.0 Å². The van der Waals surface area contributed by atoms with Crippen molar-refractivity contribution in [1.29, 1.82) is 0 Å². The van der Waals surface area contributed by atoms with Crippen LogP contribution >= 0.6 is 0 Å². The van der Waals surface area contributed by atoms with Crippen LogP contribution in [0.25, 0.3) is 0 Å². The van der Waals surface area contributed by atoms with Crippen molar-refractivity contribution in [3.63, 3.8) is 0 Å². The number of benzene rings is 2. The Kier molecular flexibility index (Phi) is 6.26. The SMILES string of the molecule is Cc1ccc(S(=O)(=O)N2CCOCC2)cc1C(=O)OCCc1ccccc1. The average Bonchev–Trinajstić information content (AvgIpc) is 2.69. The van der Waals surface area contributed by atoms with Gasteiger partial charge in [-0.05, 0) is 30.2 Å². The van der Waals surface area contributed by atoms with Crippen LogP contribution in [0, 0.1) is 6.92 Å². The van der Waals surface area contributed by atoms with Gasteiger partial charge in [0.15, 0.2) is 0 Å². The van der Waals surface area contributed by atoms with Gasteiger partial charge in [-0.2, -0.15) is 4.31 Å². The summed E-state index contributed by atoms with van der Waals surface area (Å²) in [4.78, 5) is 12.6. The maximum absolute atomic E-state index is 12.8. The molecule has 0 saturated carbocycles. The minimum absolute atomic E-state index is 0.102. The Balaban J connectivity index is 1.71. The molecule has 0 unspecified atom stereocenters. The fourth-order valence-corrected chi connectivity index (χ4v) is 4.34. The van der Waals surface area contributed by atoms with Crippen molar-refractivity contribution < 1.29 is 22.7 Å². The zero-order valence-corrected chi connectivity index (χ0v) is 16.1. The zero-order chi connectivity index (χ0) is 19.3. The molecule has 2 aromatic rings. The third-order valence-corrected chi connectivity index (χ3v) is 6.40. The second kappa shape index (κ2) is 8.65. The molecule has 0 aromatic heterocycles. The van der Waals surface area contributed by atoms with Gasteiger partial charge < -0.3 is 9.47 Å². The summed E-state index contributed by atoms with van der Waals surface area (Å²) in [5.41, 5.74) is 2.03. The lowest BCUT2D eigenvalue weighted by Gasteiger charge is -2.26. The number of ether oxygens (including phenoxy) is 2. The number of nitrogens with zero attached hydrogens (tertiary/aromatic N) is 1. The second-order valence-electron chi connectivity index (χ2n) is 6.36. The van der Waals surface area contributed by atoms with Crippen LogP contribution < -0.4 is 0 Å². The van der Waals surface area contributed by atoms with E-state index in [4.69, 9.17) is 9.47 Å². The van der Waals surface area contributed by atoms with Gasteiger partial charge in [0, 0.05) is 19.5 Å². The standard InChI is InChI=1S/C20H23NO5S/c1-16-7-8-18(27(23,24)21-10-13-25-14-11-21)15-19(16)20(22)26-12-9-17-5-3-2-4-6-17/h2-8,15H,9-14H2,1H3. The predicted octanol–water partition coefficient (Wildman–Crippen LogP) is 2.42. The second-order valence-corrected chi connectivity index (χ2v) is 8.30. The minimum Gasteiger partial charge on any atom is -0.462 e. The molecule has 7 heteroatoms. The third kappa shape index (κ3) is 4.74. The number of aryl methyl sites for hydroxylation is 1. The molecule has 1 heterocycles. The van der Waals surface area contributed by atoms with Crippen molar-refractivity contribution in [1.82, 2.24) is 4.31 Å². The summed E-state index contributed by atoms with van der Waals surface area (Å²) >= 11 is 0. The largest absolute Gasteiger partial charge is 0.462 e. The van der Waals surface area contributed by atoms with Crippen molar-refractivity contribution in [3.05, 3.63) is 65.2 Å². The van der Waals surface area contributed by atoms with Crippen LogP contribution in [-0.4, -0.2) is 51.6 Å². The molecule has 0 bridgehead atoms. The molecule has 0 radical (unpaired) electrons. The Morgan fingerprint density at radius 2 is 1.81 bits per heavy atom. The first kappa shape index (κ1) is 19.5. The Morgan fingerprint density at radius 1 is 1.11 bits per heavy atom. The molecule has 0 atom stereocenters. The Hall–Kier alpha value is -2.22. The summed E-state index contributed by atoms with van der Waals surface area (Å²) in [6.45, 7) is 3.38. The molecule has 27 heavy (non-hydrogen) atoms. The summed E-state index contributed by atoms with van der Waals surface area (Å²) < 4.78 is 37.5. The van der Waals surface area contributed by atoms with Crippen LogP contribution in [0.15, 0.2) is 53.4 Å². The number of hydrogen-bond acceptors (Lipinski definition) is 5. The van der Waals surface area contributed by atoms with E-state index in [1.165, 1.54) is 16.4 Å². The zero-order valence-electron chi connectivity index (χ0n) is 15.3. The van der Waals surface area contributed by atoms with E-state index in [-0.39, 0.29) is 17.1 Å². The van der Waals surface area contributed by atoms with Gasteiger partial charge in [-0.3, -0.25) is 0 Å². The molecule has 1 aliphatic heterocycles. The van der Waals surface area contributed by atoms with E-state index in [0.717, 1.165) is 5.56 Å². The molecule has 1 aliphatic rings. The van der Waals surface area contributed by atoms with Crippen LogP contribution in [0.4, 0.5) is 0 Å². The van der Waals surface area contributed by atoms with Crippen molar-refractivity contribution in [2.75, 3.05) is 32.9 Å². The van der Waals surface area contributed by atoms with E-state index in [9.17, 15) is 13.2 Å². The summed E-state index contributed by atoms with van der Waals surface area (Å²) in [6.07, 6.45) is 0.609. The summed E-state index contributed by atoms with van der Waals surface area (Å²) in [6, 6.07) is 14.3. The highest BCUT2D eigenvalue weighted by molar-refractivity contribution is 7.89. The molecular weight excluding hydrogens is 366 g/mol. The Bertz CT molecular complexity index is 890. The summed E-state index contributed by atoms with van der Waals surface area (Å²) in [5, 5.41) is 0. The van der Waals surface area contributed by atoms with Crippen LogP contribution in [0.2, 0.25) is 0 Å². The Morgan fingerprint density at radius 3 is 2.52 bits per heavy atom. The molecule has 3 rings (SSSR count). The first-order valence-corrected chi connectivity index (χ1v) is 10.3. The monoisotopic (exact) mass is 389 g/mol. The molecule has 6 nitrogen and oxygen atoms in total. The van der Waals surface area contributed by atoms with Gasteiger partial charge in [0.2, 0.25) is 10.0 Å². The maximum atomic E-state index is 12.8.